The molecule has 1 unspecified atom stereocenters. The van der Waals surface area contributed by atoms with E-state index in [1.54, 1.807) is 55.5 Å². The van der Waals surface area contributed by atoms with Gasteiger partial charge in [-0.25, -0.2) is 0 Å². The molecule has 1 aliphatic rings. The molecule has 1 atom stereocenters. The van der Waals surface area contributed by atoms with Crippen LogP contribution in [0.25, 0.3) is 0 Å². The lowest BCUT2D eigenvalue weighted by atomic mass is 10.1. The van der Waals surface area contributed by atoms with Crippen LogP contribution in [0.15, 0.2) is 82.8 Å². The number of methoxy groups -OCH3 is 2. The van der Waals surface area contributed by atoms with Crippen molar-refractivity contribution in [1.82, 2.24) is 5.32 Å². The van der Waals surface area contributed by atoms with Crippen LogP contribution in [0.3, 0.4) is 0 Å². The fourth-order valence-electron chi connectivity index (χ4n) is 3.69. The largest absolute Gasteiger partial charge is 0.496 e. The van der Waals surface area contributed by atoms with Gasteiger partial charge in [0.1, 0.15) is 22.9 Å². The van der Waals surface area contributed by atoms with Crippen molar-refractivity contribution in [3.8, 4) is 11.5 Å². The summed E-state index contributed by atoms with van der Waals surface area (Å²) < 4.78 is 10.6. The average Bonchev–Trinajstić information content (AvgIpc) is 3.28. The monoisotopic (exact) mass is 518 g/mol. The SMILES string of the molecule is COc1cccc(OC)c1C(=O)Nc1cccc(SC(C)C(=O)NC2=NN(c3ccccc3)C(=O)C2)c1. The second-order valence-electron chi connectivity index (χ2n) is 8.03. The second kappa shape index (κ2) is 11.6. The van der Waals surface area contributed by atoms with Gasteiger partial charge in [-0.3, -0.25) is 14.4 Å². The number of rotatable bonds is 8. The first-order valence-corrected chi connectivity index (χ1v) is 12.3. The van der Waals surface area contributed by atoms with Crippen LogP contribution in [0.1, 0.15) is 23.7 Å². The van der Waals surface area contributed by atoms with E-state index in [1.807, 2.05) is 24.3 Å². The molecule has 0 fully saturated rings. The lowest BCUT2D eigenvalue weighted by molar-refractivity contribution is -0.118. The number of hydrogen-bond acceptors (Lipinski definition) is 7. The maximum absolute atomic E-state index is 13.0. The summed E-state index contributed by atoms with van der Waals surface area (Å²) in [6.45, 7) is 1.76. The highest BCUT2D eigenvalue weighted by molar-refractivity contribution is 8.00. The Morgan fingerprint density at radius 2 is 1.62 bits per heavy atom. The topological polar surface area (TPSA) is 109 Å². The maximum Gasteiger partial charge on any atom is 0.263 e. The van der Waals surface area contributed by atoms with E-state index in [9.17, 15) is 14.4 Å². The number of ether oxygens (including phenoxy) is 2. The Morgan fingerprint density at radius 1 is 0.946 bits per heavy atom. The summed E-state index contributed by atoms with van der Waals surface area (Å²) in [5.41, 5.74) is 1.48. The normalized spacial score (nSPS) is 13.5. The molecule has 190 valence electrons. The predicted molar refractivity (Wildman–Crippen MR) is 143 cm³/mol. The summed E-state index contributed by atoms with van der Waals surface area (Å²) >= 11 is 1.32. The molecule has 0 saturated heterocycles. The van der Waals surface area contributed by atoms with Crippen molar-refractivity contribution in [2.75, 3.05) is 24.5 Å². The number of hydrazone groups is 1. The van der Waals surface area contributed by atoms with Crippen molar-refractivity contribution in [2.24, 2.45) is 5.10 Å². The molecule has 0 radical (unpaired) electrons. The Morgan fingerprint density at radius 3 is 2.30 bits per heavy atom. The molecule has 0 spiro atoms. The van der Waals surface area contributed by atoms with Crippen LogP contribution in [-0.4, -0.2) is 43.0 Å². The molecule has 0 aromatic heterocycles. The molecular weight excluding hydrogens is 492 g/mol. The van der Waals surface area contributed by atoms with Crippen LogP contribution >= 0.6 is 11.8 Å². The van der Waals surface area contributed by atoms with Gasteiger partial charge in [-0.2, -0.15) is 10.1 Å². The van der Waals surface area contributed by atoms with Crippen molar-refractivity contribution < 1.29 is 23.9 Å². The molecule has 1 heterocycles. The number of nitrogens with one attached hydrogen (secondary N) is 2. The van der Waals surface area contributed by atoms with E-state index < -0.39 is 5.25 Å². The van der Waals surface area contributed by atoms with E-state index in [0.29, 0.717) is 28.7 Å². The minimum absolute atomic E-state index is 0.0198. The molecule has 37 heavy (non-hydrogen) atoms. The lowest BCUT2D eigenvalue weighted by Gasteiger charge is -2.14. The Hall–Kier alpha value is -4.31. The molecule has 0 saturated carbocycles. The lowest BCUT2D eigenvalue weighted by Crippen LogP contribution is -2.35. The highest BCUT2D eigenvalue weighted by Crippen LogP contribution is 2.30. The van der Waals surface area contributed by atoms with E-state index in [2.05, 4.69) is 15.7 Å². The molecular formula is C27H26N4O5S. The Bertz CT molecular complexity index is 1320. The number of benzene rings is 3. The predicted octanol–water partition coefficient (Wildman–Crippen LogP) is 4.30. The van der Waals surface area contributed by atoms with E-state index in [0.717, 1.165) is 4.90 Å². The Labute approximate surface area is 218 Å². The van der Waals surface area contributed by atoms with E-state index in [4.69, 9.17) is 9.47 Å². The number of amidine groups is 1. The summed E-state index contributed by atoms with van der Waals surface area (Å²) in [5.74, 6) is 0.224. The first kappa shape index (κ1) is 25.8. The zero-order valence-corrected chi connectivity index (χ0v) is 21.4. The summed E-state index contributed by atoms with van der Waals surface area (Å²) in [7, 11) is 2.98. The number of nitrogens with zero attached hydrogens (tertiary/aromatic N) is 2. The number of amides is 3. The van der Waals surface area contributed by atoms with Gasteiger partial charge in [0.15, 0.2) is 0 Å². The molecule has 4 rings (SSSR count). The molecule has 3 amide bonds. The van der Waals surface area contributed by atoms with Crippen LogP contribution < -0.4 is 25.1 Å². The number of thioether (sulfide) groups is 1. The number of hydrogen-bond donors (Lipinski definition) is 2. The van der Waals surface area contributed by atoms with E-state index >= 15 is 0 Å². The van der Waals surface area contributed by atoms with Crippen LogP contribution in [0.4, 0.5) is 11.4 Å². The minimum atomic E-state index is -0.483. The van der Waals surface area contributed by atoms with Crippen molar-refractivity contribution in [3.63, 3.8) is 0 Å². The highest BCUT2D eigenvalue weighted by atomic mass is 32.2. The second-order valence-corrected chi connectivity index (χ2v) is 9.45. The summed E-state index contributed by atoms with van der Waals surface area (Å²) in [5, 5.41) is 10.7. The van der Waals surface area contributed by atoms with Gasteiger partial charge in [0.25, 0.3) is 11.8 Å². The third-order valence-electron chi connectivity index (χ3n) is 5.47. The van der Waals surface area contributed by atoms with Crippen molar-refractivity contribution in [2.45, 2.75) is 23.5 Å². The van der Waals surface area contributed by atoms with E-state index in [-0.39, 0.29) is 29.7 Å². The summed E-state index contributed by atoms with van der Waals surface area (Å²) in [6, 6.07) is 21.3. The Kier molecular flexibility index (Phi) is 8.09. The molecule has 3 aromatic rings. The molecule has 2 N–H and O–H groups in total. The van der Waals surface area contributed by atoms with Gasteiger partial charge in [-0.15, -0.1) is 11.8 Å². The quantitative estimate of drug-likeness (QED) is 0.431. The fourth-order valence-corrected chi connectivity index (χ4v) is 4.61. The number of carbonyl (C=O) groups is 3. The van der Waals surface area contributed by atoms with Crippen molar-refractivity contribution in [1.29, 1.82) is 0 Å². The average molecular weight is 519 g/mol. The first-order chi connectivity index (χ1) is 17.9. The fraction of sp³-hybridized carbons (Fsp3) is 0.185. The zero-order chi connectivity index (χ0) is 26.4. The van der Waals surface area contributed by atoms with Gasteiger partial charge in [0.05, 0.1) is 31.6 Å². The summed E-state index contributed by atoms with van der Waals surface area (Å²) in [6.07, 6.45) is 0.0198. The van der Waals surface area contributed by atoms with Crippen molar-refractivity contribution in [3.05, 3.63) is 78.4 Å². The zero-order valence-electron chi connectivity index (χ0n) is 20.6. The smallest absolute Gasteiger partial charge is 0.263 e. The third-order valence-corrected chi connectivity index (χ3v) is 6.57. The Balaban J connectivity index is 1.40. The van der Waals surface area contributed by atoms with Crippen LogP contribution in [-0.2, 0) is 9.59 Å². The van der Waals surface area contributed by atoms with E-state index in [1.165, 1.54) is 31.0 Å². The minimum Gasteiger partial charge on any atom is -0.496 e. The van der Waals surface area contributed by atoms with Crippen molar-refractivity contribution >= 4 is 46.7 Å². The van der Waals surface area contributed by atoms with Gasteiger partial charge in [-0.05, 0) is 49.4 Å². The first-order valence-electron chi connectivity index (χ1n) is 11.4. The molecule has 0 bridgehead atoms. The van der Waals surface area contributed by atoms with Gasteiger partial charge in [0, 0.05) is 10.6 Å². The molecule has 9 nitrogen and oxygen atoms in total. The molecule has 1 aliphatic heterocycles. The number of para-hydroxylation sites is 1. The molecule has 10 heteroatoms. The van der Waals surface area contributed by atoms with Gasteiger partial charge < -0.3 is 20.1 Å². The van der Waals surface area contributed by atoms with Crippen LogP contribution in [0, 0.1) is 0 Å². The maximum atomic E-state index is 13.0. The number of anilines is 2. The van der Waals surface area contributed by atoms with Crippen LogP contribution in [0.2, 0.25) is 0 Å². The third kappa shape index (κ3) is 6.10. The number of carbonyl (C=O) groups excluding carboxylic acids is 3. The highest BCUT2D eigenvalue weighted by Gasteiger charge is 2.27. The molecule has 0 aliphatic carbocycles. The molecule has 3 aromatic carbocycles. The van der Waals surface area contributed by atoms with Gasteiger partial charge in [0.2, 0.25) is 5.91 Å². The van der Waals surface area contributed by atoms with Gasteiger partial charge in [-0.1, -0.05) is 30.3 Å². The standard InChI is InChI=1S/C27H26N4O5S/c1-17(26(33)29-23-16-24(32)31(30-23)19-10-5-4-6-11-19)37-20-12-7-9-18(15-20)28-27(34)25-21(35-2)13-8-14-22(25)36-3/h4-15,17H,16H2,1-3H3,(H,28,34)(H,29,30,33). The summed E-state index contributed by atoms with van der Waals surface area (Å²) in [4.78, 5) is 38.9. The van der Waals surface area contributed by atoms with Gasteiger partial charge >= 0.3 is 0 Å². The van der Waals surface area contributed by atoms with Crippen LogP contribution in [0.5, 0.6) is 11.5 Å².